The lowest BCUT2D eigenvalue weighted by atomic mass is 10.2. The number of piperazine rings is 1. The lowest BCUT2D eigenvalue weighted by molar-refractivity contribution is 0.0776. The lowest BCUT2D eigenvalue weighted by Crippen LogP contribution is -2.49. The molecule has 1 aliphatic rings. The number of hydrogen-bond donors (Lipinski definition) is 1. The Bertz CT molecular complexity index is 757. The SMILES string of the molecule is Cc1noc(C)c1S(=O)(=O)N1CCN(CC(O)c2ccco2)CC1. The predicted molar refractivity (Wildman–Crippen MR) is 84.8 cm³/mol. The first-order valence-electron chi connectivity index (χ1n) is 7.76. The number of β-amino-alcohol motifs (C(OH)–C–C–N with tert-alkyl or cyclic N) is 1. The second-order valence-corrected chi connectivity index (χ2v) is 7.76. The van der Waals surface area contributed by atoms with Crippen molar-refractivity contribution in [2.75, 3.05) is 32.7 Å². The third-order valence-electron chi connectivity index (χ3n) is 4.20. The highest BCUT2D eigenvalue weighted by Crippen LogP contribution is 2.24. The molecule has 0 amide bonds. The molecule has 1 fully saturated rings. The quantitative estimate of drug-likeness (QED) is 0.851. The second kappa shape index (κ2) is 6.67. The number of rotatable bonds is 5. The van der Waals surface area contributed by atoms with E-state index in [4.69, 9.17) is 8.94 Å². The normalized spacial score (nSPS) is 18.8. The van der Waals surface area contributed by atoms with Gasteiger partial charge in [0.1, 0.15) is 22.5 Å². The summed E-state index contributed by atoms with van der Waals surface area (Å²) in [6.45, 7) is 5.43. The average Bonchev–Trinajstić information content (AvgIpc) is 3.18. The molecule has 0 bridgehead atoms. The number of aromatic nitrogens is 1. The van der Waals surface area contributed by atoms with Crippen LogP contribution in [0.5, 0.6) is 0 Å². The summed E-state index contributed by atoms with van der Waals surface area (Å²) in [6.07, 6.45) is 0.804. The molecule has 1 aliphatic heterocycles. The van der Waals surface area contributed by atoms with E-state index in [-0.39, 0.29) is 4.90 Å². The molecule has 1 atom stereocenters. The summed E-state index contributed by atoms with van der Waals surface area (Å²) >= 11 is 0. The van der Waals surface area contributed by atoms with Gasteiger partial charge in [-0.3, -0.25) is 4.90 Å². The van der Waals surface area contributed by atoms with Crippen molar-refractivity contribution in [3.8, 4) is 0 Å². The molecule has 3 rings (SSSR count). The third-order valence-corrected chi connectivity index (χ3v) is 6.34. The van der Waals surface area contributed by atoms with Gasteiger partial charge in [0.05, 0.1) is 6.26 Å². The first kappa shape index (κ1) is 17.2. The largest absolute Gasteiger partial charge is 0.467 e. The molecule has 0 saturated carbocycles. The van der Waals surface area contributed by atoms with E-state index in [1.54, 1.807) is 26.0 Å². The van der Waals surface area contributed by atoms with Crippen LogP contribution in [-0.2, 0) is 10.0 Å². The van der Waals surface area contributed by atoms with Gasteiger partial charge >= 0.3 is 0 Å². The maximum absolute atomic E-state index is 12.7. The Hall–Kier alpha value is -1.68. The Labute approximate surface area is 140 Å². The fourth-order valence-corrected chi connectivity index (χ4v) is 4.65. The van der Waals surface area contributed by atoms with Gasteiger partial charge in [-0.25, -0.2) is 8.42 Å². The maximum Gasteiger partial charge on any atom is 0.248 e. The van der Waals surface area contributed by atoms with Gasteiger partial charge in [0.15, 0.2) is 5.76 Å². The van der Waals surface area contributed by atoms with Crippen LogP contribution in [0.15, 0.2) is 32.2 Å². The van der Waals surface area contributed by atoms with Crippen molar-refractivity contribution in [2.45, 2.75) is 24.8 Å². The summed E-state index contributed by atoms with van der Waals surface area (Å²) in [5, 5.41) is 13.8. The molecule has 0 spiro atoms. The molecule has 2 aromatic rings. The summed E-state index contributed by atoms with van der Waals surface area (Å²) in [4.78, 5) is 2.18. The average molecular weight is 355 g/mol. The van der Waals surface area contributed by atoms with Gasteiger partial charge in [0.25, 0.3) is 0 Å². The Kier molecular flexibility index (Phi) is 4.77. The molecular weight excluding hydrogens is 334 g/mol. The van der Waals surface area contributed by atoms with Crippen LogP contribution in [-0.4, -0.2) is 60.6 Å². The summed E-state index contributed by atoms with van der Waals surface area (Å²) in [5.41, 5.74) is 0.378. The zero-order valence-electron chi connectivity index (χ0n) is 13.7. The van der Waals surface area contributed by atoms with E-state index in [9.17, 15) is 13.5 Å². The maximum atomic E-state index is 12.7. The number of sulfonamides is 1. The highest BCUT2D eigenvalue weighted by molar-refractivity contribution is 7.89. The van der Waals surface area contributed by atoms with E-state index in [1.807, 2.05) is 4.90 Å². The third kappa shape index (κ3) is 3.25. The molecular formula is C15H21N3O5S. The van der Waals surface area contributed by atoms with Crippen molar-refractivity contribution in [2.24, 2.45) is 0 Å². The van der Waals surface area contributed by atoms with Gasteiger partial charge in [0, 0.05) is 32.7 Å². The topological polar surface area (TPSA) is 100 Å². The van der Waals surface area contributed by atoms with Gasteiger partial charge in [-0.15, -0.1) is 0 Å². The van der Waals surface area contributed by atoms with Gasteiger partial charge in [-0.05, 0) is 26.0 Å². The Balaban J connectivity index is 1.63. The fraction of sp³-hybridized carbons (Fsp3) is 0.533. The highest BCUT2D eigenvalue weighted by Gasteiger charge is 2.33. The van der Waals surface area contributed by atoms with Crippen LogP contribution in [0.4, 0.5) is 0 Å². The van der Waals surface area contributed by atoms with Crippen molar-refractivity contribution in [1.82, 2.24) is 14.4 Å². The molecule has 1 N–H and O–H groups in total. The smallest absolute Gasteiger partial charge is 0.248 e. The molecule has 2 aromatic heterocycles. The van der Waals surface area contributed by atoms with Gasteiger partial charge in [-0.1, -0.05) is 5.16 Å². The van der Waals surface area contributed by atoms with Crippen LogP contribution in [0.2, 0.25) is 0 Å². The minimum atomic E-state index is -3.61. The van der Waals surface area contributed by atoms with Crippen LogP contribution in [0, 0.1) is 13.8 Å². The summed E-state index contributed by atoms with van der Waals surface area (Å²) < 4.78 is 37.1. The highest BCUT2D eigenvalue weighted by atomic mass is 32.2. The number of nitrogens with zero attached hydrogens (tertiary/aromatic N) is 3. The zero-order chi connectivity index (χ0) is 17.3. The van der Waals surface area contributed by atoms with Gasteiger partial charge in [0.2, 0.25) is 10.0 Å². The van der Waals surface area contributed by atoms with Crippen molar-refractivity contribution < 1.29 is 22.5 Å². The molecule has 1 unspecified atom stereocenters. The molecule has 8 nitrogen and oxygen atoms in total. The minimum Gasteiger partial charge on any atom is -0.467 e. The Morgan fingerprint density at radius 1 is 1.29 bits per heavy atom. The molecule has 24 heavy (non-hydrogen) atoms. The summed E-state index contributed by atoms with van der Waals surface area (Å²) in [6, 6.07) is 3.45. The first-order valence-corrected chi connectivity index (χ1v) is 9.20. The van der Waals surface area contributed by atoms with Gasteiger partial charge < -0.3 is 14.0 Å². The van der Waals surface area contributed by atoms with Crippen LogP contribution in [0.1, 0.15) is 23.3 Å². The van der Waals surface area contributed by atoms with E-state index in [0.717, 1.165) is 0 Å². The number of hydrogen-bond acceptors (Lipinski definition) is 7. The fourth-order valence-electron chi connectivity index (χ4n) is 2.94. The van der Waals surface area contributed by atoms with E-state index >= 15 is 0 Å². The molecule has 0 aliphatic carbocycles. The lowest BCUT2D eigenvalue weighted by Gasteiger charge is -2.34. The monoisotopic (exact) mass is 355 g/mol. The predicted octanol–water partition coefficient (Wildman–Crippen LogP) is 0.924. The Morgan fingerprint density at radius 2 is 2.00 bits per heavy atom. The van der Waals surface area contributed by atoms with E-state index in [2.05, 4.69) is 5.16 Å². The molecule has 9 heteroatoms. The number of aryl methyl sites for hydroxylation is 2. The van der Waals surface area contributed by atoms with Crippen molar-refractivity contribution in [1.29, 1.82) is 0 Å². The zero-order valence-corrected chi connectivity index (χ0v) is 14.5. The summed E-state index contributed by atoms with van der Waals surface area (Å²) in [5.74, 6) is 0.823. The molecule has 1 saturated heterocycles. The van der Waals surface area contributed by atoms with Crippen LogP contribution in [0.3, 0.4) is 0 Å². The number of furan rings is 1. The van der Waals surface area contributed by atoms with E-state index in [0.29, 0.717) is 49.9 Å². The Morgan fingerprint density at radius 3 is 2.54 bits per heavy atom. The van der Waals surface area contributed by atoms with E-state index < -0.39 is 16.1 Å². The van der Waals surface area contributed by atoms with Crippen LogP contribution < -0.4 is 0 Å². The van der Waals surface area contributed by atoms with Gasteiger partial charge in [-0.2, -0.15) is 4.31 Å². The number of aliphatic hydroxyl groups is 1. The van der Waals surface area contributed by atoms with Crippen molar-refractivity contribution >= 4 is 10.0 Å². The molecule has 3 heterocycles. The summed E-state index contributed by atoms with van der Waals surface area (Å²) in [7, 11) is -3.61. The molecule has 0 radical (unpaired) electrons. The van der Waals surface area contributed by atoms with Crippen molar-refractivity contribution in [3.63, 3.8) is 0 Å². The van der Waals surface area contributed by atoms with Crippen LogP contribution in [0.25, 0.3) is 0 Å². The minimum absolute atomic E-state index is 0.159. The van der Waals surface area contributed by atoms with Crippen molar-refractivity contribution in [3.05, 3.63) is 35.6 Å². The van der Waals surface area contributed by atoms with Crippen LogP contribution >= 0.6 is 0 Å². The molecule has 0 aromatic carbocycles. The number of aliphatic hydroxyl groups excluding tert-OH is 1. The second-order valence-electron chi connectivity index (χ2n) is 5.89. The molecule has 132 valence electrons. The van der Waals surface area contributed by atoms with E-state index in [1.165, 1.54) is 10.6 Å². The standard InChI is InChI=1S/C15H21N3O5S/c1-11-15(12(2)23-16-11)24(20,21)18-7-5-17(6-8-18)10-13(19)14-4-3-9-22-14/h3-4,9,13,19H,5-8,10H2,1-2H3. The first-order chi connectivity index (χ1) is 11.4.